The van der Waals surface area contributed by atoms with Crippen LogP contribution in [0.1, 0.15) is 6.23 Å². The Morgan fingerprint density at radius 3 is 2.39 bits per heavy atom. The van der Waals surface area contributed by atoms with E-state index in [4.69, 9.17) is 4.74 Å². The molecule has 15 heteroatoms. The van der Waals surface area contributed by atoms with Gasteiger partial charge in [0.05, 0.1) is 6.10 Å². The van der Waals surface area contributed by atoms with Crippen molar-refractivity contribution < 1.29 is 39.9 Å². The number of carboxylic acid groups (broad SMARTS) is 1. The van der Waals surface area contributed by atoms with Crippen molar-refractivity contribution in [3.8, 4) is 0 Å². The Bertz CT molecular complexity index is 951. The fourth-order valence-electron chi connectivity index (χ4n) is 3.76. The summed E-state index contributed by atoms with van der Waals surface area (Å²) in [5, 5.41) is 55.9. The number of aliphatic hydroxyl groups is 4. The number of amides is 1. The minimum atomic E-state index is -1.78. The van der Waals surface area contributed by atoms with E-state index < -0.39 is 72.0 Å². The lowest BCUT2D eigenvalue weighted by atomic mass is 9.97. The highest BCUT2D eigenvalue weighted by Gasteiger charge is 2.51. The van der Waals surface area contributed by atoms with Gasteiger partial charge in [0.15, 0.2) is 6.23 Å². The topological polar surface area (TPSA) is 227 Å². The molecule has 1 saturated heterocycles. The summed E-state index contributed by atoms with van der Waals surface area (Å²) >= 11 is 0. The van der Waals surface area contributed by atoms with E-state index in [1.807, 2.05) is 4.98 Å². The lowest BCUT2D eigenvalue weighted by Crippen LogP contribution is -2.60. The van der Waals surface area contributed by atoms with E-state index in [0.717, 1.165) is 16.8 Å². The lowest BCUT2D eigenvalue weighted by molar-refractivity contribution is -0.145. The number of aromatic nitrogens is 2. The van der Waals surface area contributed by atoms with Crippen molar-refractivity contribution in [2.24, 2.45) is 0 Å². The zero-order chi connectivity index (χ0) is 25.0. The van der Waals surface area contributed by atoms with Crippen LogP contribution >= 0.6 is 0 Å². The first kappa shape index (κ1) is 26.6. The molecule has 33 heavy (non-hydrogen) atoms. The Kier molecular flexibility index (Phi) is 8.84. The molecule has 1 aromatic heterocycles. The van der Waals surface area contributed by atoms with Crippen molar-refractivity contribution in [1.29, 1.82) is 0 Å². The molecule has 1 aliphatic rings. The number of H-pyrrole nitrogens is 1. The SMILES string of the molecule is CNC(=O)[C@H]([C@H](O)C1OC(n2ccc(=O)[nH]c2=O)C(O)C1O)N(C)C[C@H](O)[C@H](NC)C(=O)O. The number of aliphatic carboxylic acids is 1. The monoisotopic (exact) mass is 475 g/mol. The third-order valence-corrected chi connectivity index (χ3v) is 5.49. The standard InChI is InChI=1S/C18H29N5O10/c1-19-9(17(30)31)7(24)6-22(3)10(15(29)20-2)11(26)14-12(27)13(28)16(33-14)23-5-4-8(25)21-18(23)32/h4-5,7,9-14,16,19,24,26-28H,6H2,1-3H3,(H,20,29)(H,30,31)(H,21,25,32)/t7-,9-,10-,11-,12?,13?,14?,16?/m0/s1. The van der Waals surface area contributed by atoms with E-state index in [-0.39, 0.29) is 6.54 Å². The number of rotatable bonds is 10. The van der Waals surface area contributed by atoms with Gasteiger partial charge < -0.3 is 40.9 Å². The van der Waals surface area contributed by atoms with Gasteiger partial charge in [-0.2, -0.15) is 0 Å². The first-order valence-electron chi connectivity index (χ1n) is 9.95. The molecule has 2 heterocycles. The summed E-state index contributed by atoms with van der Waals surface area (Å²) in [7, 11) is 3.95. The van der Waals surface area contributed by atoms with Crippen LogP contribution in [0.15, 0.2) is 21.9 Å². The van der Waals surface area contributed by atoms with Crippen molar-refractivity contribution in [3.05, 3.63) is 33.1 Å². The maximum atomic E-state index is 12.5. The predicted octanol–water partition coefficient (Wildman–Crippen LogP) is -5.40. The number of carbonyl (C=O) groups excluding carboxylic acids is 1. The van der Waals surface area contributed by atoms with Crippen molar-refractivity contribution in [1.82, 2.24) is 25.1 Å². The summed E-state index contributed by atoms with van der Waals surface area (Å²) in [4.78, 5) is 50.2. The number of hydrogen-bond acceptors (Lipinski definition) is 11. The molecule has 15 nitrogen and oxygen atoms in total. The molecule has 1 amide bonds. The van der Waals surface area contributed by atoms with Gasteiger partial charge in [0.1, 0.15) is 36.5 Å². The summed E-state index contributed by atoms with van der Waals surface area (Å²) in [5.41, 5.74) is -1.62. The van der Waals surface area contributed by atoms with E-state index in [9.17, 15) is 44.7 Å². The summed E-state index contributed by atoms with van der Waals surface area (Å²) in [6.07, 6.45) is -8.71. The van der Waals surface area contributed by atoms with Crippen LogP contribution in [0.4, 0.5) is 0 Å². The average molecular weight is 475 g/mol. The van der Waals surface area contributed by atoms with Gasteiger partial charge in [-0.05, 0) is 14.1 Å². The van der Waals surface area contributed by atoms with Gasteiger partial charge in [-0.15, -0.1) is 0 Å². The first-order valence-corrected chi connectivity index (χ1v) is 9.95. The van der Waals surface area contributed by atoms with E-state index in [1.54, 1.807) is 0 Å². The van der Waals surface area contributed by atoms with Crippen LogP contribution < -0.4 is 21.9 Å². The molecule has 0 spiro atoms. The Morgan fingerprint density at radius 1 is 1.24 bits per heavy atom. The fourth-order valence-corrected chi connectivity index (χ4v) is 3.76. The molecule has 1 aromatic rings. The van der Waals surface area contributed by atoms with Crippen LogP contribution in [-0.4, -0.2) is 122 Å². The molecule has 8 atom stereocenters. The quantitative estimate of drug-likeness (QED) is 0.159. The number of nitrogens with one attached hydrogen (secondary N) is 3. The maximum absolute atomic E-state index is 12.5. The molecule has 186 valence electrons. The second kappa shape index (κ2) is 11.0. The number of likely N-dealkylation sites (N-methyl/N-ethyl adjacent to an activating group) is 3. The van der Waals surface area contributed by atoms with Crippen LogP contribution in [-0.2, 0) is 14.3 Å². The summed E-state index contributed by atoms with van der Waals surface area (Å²) < 4.78 is 6.32. The molecule has 4 unspecified atom stereocenters. The highest BCUT2D eigenvalue weighted by molar-refractivity contribution is 5.82. The van der Waals surface area contributed by atoms with Gasteiger partial charge in [0.2, 0.25) is 5.91 Å². The van der Waals surface area contributed by atoms with Crippen LogP contribution in [0.3, 0.4) is 0 Å². The van der Waals surface area contributed by atoms with Crippen molar-refractivity contribution in [3.63, 3.8) is 0 Å². The van der Waals surface area contributed by atoms with Gasteiger partial charge in [-0.25, -0.2) is 4.79 Å². The van der Waals surface area contributed by atoms with Crippen molar-refractivity contribution in [2.75, 3.05) is 27.7 Å². The third-order valence-electron chi connectivity index (χ3n) is 5.49. The number of carboxylic acids is 1. The summed E-state index contributed by atoms with van der Waals surface area (Å²) in [5.74, 6) is -2.08. The molecule has 0 radical (unpaired) electrons. The Morgan fingerprint density at radius 2 is 1.88 bits per heavy atom. The fraction of sp³-hybridized carbons (Fsp3) is 0.667. The zero-order valence-electron chi connectivity index (χ0n) is 18.2. The van der Waals surface area contributed by atoms with E-state index >= 15 is 0 Å². The molecular weight excluding hydrogens is 446 g/mol. The molecule has 1 fully saturated rings. The van der Waals surface area contributed by atoms with E-state index in [1.165, 1.54) is 26.0 Å². The van der Waals surface area contributed by atoms with Crippen LogP contribution in [0.2, 0.25) is 0 Å². The zero-order valence-corrected chi connectivity index (χ0v) is 18.2. The molecule has 1 aliphatic heterocycles. The van der Waals surface area contributed by atoms with Crippen molar-refractivity contribution >= 4 is 11.9 Å². The Balaban J connectivity index is 2.28. The van der Waals surface area contributed by atoms with Gasteiger partial charge in [0.25, 0.3) is 5.56 Å². The summed E-state index contributed by atoms with van der Waals surface area (Å²) in [6.45, 7) is -0.374. The number of ether oxygens (including phenoxy) is 1. The molecule has 0 aliphatic carbocycles. The van der Waals surface area contributed by atoms with Crippen LogP contribution in [0, 0.1) is 0 Å². The third kappa shape index (κ3) is 5.64. The number of hydrogen-bond donors (Lipinski definition) is 8. The molecule has 0 aromatic carbocycles. The van der Waals surface area contributed by atoms with Gasteiger partial charge in [-0.3, -0.25) is 28.8 Å². The Labute approximate surface area is 187 Å². The van der Waals surface area contributed by atoms with E-state index in [0.29, 0.717) is 0 Å². The average Bonchev–Trinajstić information content (AvgIpc) is 3.02. The van der Waals surface area contributed by atoms with Gasteiger partial charge >= 0.3 is 11.7 Å². The highest BCUT2D eigenvalue weighted by Crippen LogP contribution is 2.31. The number of carbonyl (C=O) groups is 2. The molecule has 0 saturated carbocycles. The Hall–Kier alpha value is -2.66. The van der Waals surface area contributed by atoms with Crippen molar-refractivity contribution in [2.45, 2.75) is 48.8 Å². The second-order valence-electron chi connectivity index (χ2n) is 7.65. The predicted molar refractivity (Wildman–Crippen MR) is 110 cm³/mol. The largest absolute Gasteiger partial charge is 0.480 e. The molecule has 2 rings (SSSR count). The maximum Gasteiger partial charge on any atom is 0.330 e. The molecular formula is C18H29N5O10. The van der Waals surface area contributed by atoms with Gasteiger partial charge in [-0.1, -0.05) is 0 Å². The van der Waals surface area contributed by atoms with Crippen LogP contribution in [0.25, 0.3) is 0 Å². The molecule has 8 N–H and O–H groups in total. The smallest absolute Gasteiger partial charge is 0.330 e. The number of aromatic amines is 1. The molecule has 0 bridgehead atoms. The van der Waals surface area contributed by atoms with Gasteiger partial charge in [0, 0.05) is 25.9 Å². The second-order valence-corrected chi connectivity index (χ2v) is 7.65. The first-order chi connectivity index (χ1) is 15.4. The normalized spacial score (nSPS) is 26.5. The summed E-state index contributed by atoms with van der Waals surface area (Å²) in [6, 6.07) is -1.81. The number of nitrogens with zero attached hydrogens (tertiary/aromatic N) is 2. The number of aliphatic hydroxyl groups excluding tert-OH is 4. The highest BCUT2D eigenvalue weighted by atomic mass is 16.6. The minimum Gasteiger partial charge on any atom is -0.480 e. The van der Waals surface area contributed by atoms with Crippen LogP contribution in [0.5, 0.6) is 0 Å². The minimum absolute atomic E-state index is 0.374. The van der Waals surface area contributed by atoms with E-state index in [2.05, 4.69) is 10.6 Å². The lowest BCUT2D eigenvalue weighted by Gasteiger charge is -2.35.